The van der Waals surface area contributed by atoms with Gasteiger partial charge in [0.05, 0.1) is 24.1 Å². The maximum Gasteiger partial charge on any atom is 0.230 e. The Balaban J connectivity index is 1.97. The molecule has 1 amide bonds. The van der Waals surface area contributed by atoms with Gasteiger partial charge in [-0.2, -0.15) is 5.26 Å². The number of nitrogens with one attached hydrogen (secondary N) is 1. The summed E-state index contributed by atoms with van der Waals surface area (Å²) in [7, 11) is 0. The van der Waals surface area contributed by atoms with Crippen LogP contribution in [-0.4, -0.2) is 18.0 Å². The molecule has 1 aromatic rings. The van der Waals surface area contributed by atoms with Gasteiger partial charge >= 0.3 is 0 Å². The van der Waals surface area contributed by atoms with Crippen LogP contribution in [-0.2, 0) is 17.6 Å². The lowest BCUT2D eigenvalue weighted by atomic mass is 10.0. The molecule has 0 saturated carbocycles. The lowest BCUT2D eigenvalue weighted by Crippen LogP contribution is -2.95. The van der Waals surface area contributed by atoms with Crippen molar-refractivity contribution in [2.24, 2.45) is 0 Å². The van der Waals surface area contributed by atoms with E-state index in [-0.39, 0.29) is 11.4 Å². The Morgan fingerprint density at radius 3 is 2.78 bits per heavy atom. The lowest BCUT2D eigenvalue weighted by molar-refractivity contribution is -0.720. The van der Waals surface area contributed by atoms with E-state index in [1.165, 1.54) is 23.3 Å². The first kappa shape index (κ1) is 18.0. The fraction of sp³-hybridized carbons (Fsp3) is 0.667. The Morgan fingerprint density at radius 2 is 2.09 bits per heavy atom. The number of carbonyl (C=O) groups is 1. The minimum atomic E-state index is 0.0149. The number of fused-ring (bicyclic) bond motifs is 1. The third kappa shape index (κ3) is 4.79. The first-order valence-electron chi connectivity index (χ1n) is 8.65. The molecule has 1 aliphatic rings. The third-order valence-corrected chi connectivity index (χ3v) is 5.97. The summed E-state index contributed by atoms with van der Waals surface area (Å²) in [5.74, 6) is 0.0149. The van der Waals surface area contributed by atoms with Crippen LogP contribution in [0.5, 0.6) is 0 Å². The lowest BCUT2D eigenvalue weighted by Gasteiger charge is -2.20. The molecule has 23 heavy (non-hydrogen) atoms. The Morgan fingerprint density at radius 1 is 1.35 bits per heavy atom. The van der Waals surface area contributed by atoms with Gasteiger partial charge in [0.1, 0.15) is 11.1 Å². The van der Waals surface area contributed by atoms with Crippen LogP contribution in [0.15, 0.2) is 0 Å². The number of hydrogen-bond donors (Lipinski definition) is 2. The van der Waals surface area contributed by atoms with Gasteiger partial charge in [0.2, 0.25) is 5.91 Å². The fourth-order valence-corrected chi connectivity index (χ4v) is 4.13. The van der Waals surface area contributed by atoms with Crippen LogP contribution >= 0.6 is 11.3 Å². The van der Waals surface area contributed by atoms with Crippen LogP contribution in [0.4, 0.5) is 5.00 Å². The number of anilines is 1. The van der Waals surface area contributed by atoms with Gasteiger partial charge in [-0.15, -0.1) is 11.3 Å². The molecule has 5 heteroatoms. The fourth-order valence-electron chi connectivity index (χ4n) is 2.88. The average molecular weight is 335 g/mol. The number of carbonyl (C=O) groups excluding carboxylic acids is 1. The molecule has 0 aromatic carbocycles. The van der Waals surface area contributed by atoms with Gasteiger partial charge in [-0.25, -0.2) is 0 Å². The minimum absolute atomic E-state index is 0.0149. The van der Waals surface area contributed by atoms with Crippen molar-refractivity contribution in [2.75, 3.05) is 11.9 Å². The standard InChI is InChI=1S/C18H27N3OS/c1-4-18(2,3)20-11-10-16(22)21-17-14(12-19)13-8-6-5-7-9-15(13)23-17/h20H,4-11H2,1-3H3,(H,21,22)/p+1. The van der Waals surface area contributed by atoms with Gasteiger partial charge in [-0.1, -0.05) is 13.3 Å². The molecule has 0 aliphatic heterocycles. The summed E-state index contributed by atoms with van der Waals surface area (Å²) in [6.45, 7) is 7.32. The number of aryl methyl sites for hydroxylation is 1. The number of rotatable bonds is 6. The predicted molar refractivity (Wildman–Crippen MR) is 94.7 cm³/mol. The molecule has 4 nitrogen and oxygen atoms in total. The molecule has 0 fully saturated rings. The number of hydrogen-bond acceptors (Lipinski definition) is 3. The summed E-state index contributed by atoms with van der Waals surface area (Å²) < 4.78 is 0. The van der Waals surface area contributed by atoms with E-state index in [4.69, 9.17) is 0 Å². The van der Waals surface area contributed by atoms with Crippen molar-refractivity contribution in [1.29, 1.82) is 5.26 Å². The summed E-state index contributed by atoms with van der Waals surface area (Å²) in [4.78, 5) is 13.5. The summed E-state index contributed by atoms with van der Waals surface area (Å²) in [5.41, 5.74) is 2.07. The quantitative estimate of drug-likeness (QED) is 0.785. The first-order valence-corrected chi connectivity index (χ1v) is 9.47. The predicted octanol–water partition coefficient (Wildman–Crippen LogP) is 2.97. The van der Waals surface area contributed by atoms with Gasteiger partial charge < -0.3 is 10.6 Å². The average Bonchev–Trinajstić information content (AvgIpc) is 2.68. The largest absolute Gasteiger partial charge is 0.341 e. The van der Waals surface area contributed by atoms with E-state index in [0.29, 0.717) is 12.0 Å². The van der Waals surface area contributed by atoms with Crippen molar-refractivity contribution < 1.29 is 10.1 Å². The normalized spacial score (nSPS) is 14.7. The monoisotopic (exact) mass is 334 g/mol. The second-order valence-electron chi connectivity index (χ2n) is 7.01. The second-order valence-corrected chi connectivity index (χ2v) is 8.12. The van der Waals surface area contributed by atoms with Gasteiger partial charge in [0.25, 0.3) is 0 Å². The Labute approximate surface area is 143 Å². The Kier molecular flexibility index (Phi) is 6.20. The summed E-state index contributed by atoms with van der Waals surface area (Å²) in [6.07, 6.45) is 7.14. The van der Waals surface area contributed by atoms with Crippen molar-refractivity contribution >= 4 is 22.2 Å². The molecule has 3 N–H and O–H groups in total. The van der Waals surface area contributed by atoms with Crippen molar-refractivity contribution in [1.82, 2.24) is 0 Å². The number of nitriles is 1. The SMILES string of the molecule is CCC(C)(C)[NH2+]CCC(=O)Nc1sc2c(c1C#N)CCCCC2. The highest BCUT2D eigenvalue weighted by Gasteiger charge is 2.22. The van der Waals surface area contributed by atoms with Gasteiger partial charge in [-0.05, 0) is 51.5 Å². The summed E-state index contributed by atoms with van der Waals surface area (Å²) in [6, 6.07) is 2.31. The van der Waals surface area contributed by atoms with Gasteiger partial charge in [0.15, 0.2) is 0 Å². The van der Waals surface area contributed by atoms with Crippen LogP contribution in [0, 0.1) is 11.3 Å². The van der Waals surface area contributed by atoms with E-state index in [1.807, 2.05) is 0 Å². The van der Waals surface area contributed by atoms with E-state index in [2.05, 4.69) is 37.5 Å². The van der Waals surface area contributed by atoms with E-state index in [9.17, 15) is 10.1 Å². The van der Waals surface area contributed by atoms with E-state index >= 15 is 0 Å². The maximum absolute atomic E-state index is 12.2. The van der Waals surface area contributed by atoms with Crippen molar-refractivity contribution in [3.63, 3.8) is 0 Å². The molecule has 1 aromatic heterocycles. The highest BCUT2D eigenvalue weighted by molar-refractivity contribution is 7.16. The number of amides is 1. The molecule has 0 bridgehead atoms. The molecule has 1 aliphatic carbocycles. The molecule has 0 radical (unpaired) electrons. The van der Waals surface area contributed by atoms with Crippen LogP contribution in [0.2, 0.25) is 0 Å². The highest BCUT2D eigenvalue weighted by atomic mass is 32.1. The molecule has 0 saturated heterocycles. The van der Waals surface area contributed by atoms with Crippen LogP contribution in [0.3, 0.4) is 0 Å². The van der Waals surface area contributed by atoms with E-state index in [0.717, 1.165) is 37.2 Å². The number of quaternary nitrogens is 1. The van der Waals surface area contributed by atoms with Crippen LogP contribution < -0.4 is 10.6 Å². The van der Waals surface area contributed by atoms with Crippen molar-refractivity contribution in [2.45, 2.75) is 71.3 Å². The maximum atomic E-state index is 12.2. The number of nitrogens with two attached hydrogens (primary N) is 1. The first-order chi connectivity index (χ1) is 11.0. The number of nitrogens with zero attached hydrogens (tertiary/aromatic N) is 1. The molecule has 1 heterocycles. The summed E-state index contributed by atoms with van der Waals surface area (Å²) in [5, 5.41) is 15.4. The van der Waals surface area contributed by atoms with Crippen LogP contribution in [0.25, 0.3) is 0 Å². The van der Waals surface area contributed by atoms with E-state index < -0.39 is 0 Å². The van der Waals surface area contributed by atoms with Gasteiger partial charge in [-0.3, -0.25) is 4.79 Å². The molecular weight excluding hydrogens is 306 g/mol. The molecule has 126 valence electrons. The minimum Gasteiger partial charge on any atom is -0.341 e. The van der Waals surface area contributed by atoms with E-state index in [1.54, 1.807) is 11.3 Å². The second kappa shape index (κ2) is 7.94. The molecule has 0 atom stereocenters. The highest BCUT2D eigenvalue weighted by Crippen LogP contribution is 2.36. The molecule has 2 rings (SSSR count). The van der Waals surface area contributed by atoms with Crippen molar-refractivity contribution in [3.05, 3.63) is 16.0 Å². The molecule has 0 spiro atoms. The third-order valence-electron chi connectivity index (χ3n) is 4.77. The topological polar surface area (TPSA) is 69.5 Å². The Hall–Kier alpha value is -1.38. The van der Waals surface area contributed by atoms with Gasteiger partial charge in [0, 0.05) is 4.88 Å². The number of thiophene rings is 1. The molecule has 0 unspecified atom stereocenters. The zero-order valence-electron chi connectivity index (χ0n) is 14.5. The zero-order valence-corrected chi connectivity index (χ0v) is 15.3. The van der Waals surface area contributed by atoms with Crippen molar-refractivity contribution in [3.8, 4) is 6.07 Å². The molecular formula is C18H28N3OS+. The van der Waals surface area contributed by atoms with Crippen LogP contribution in [0.1, 0.15) is 68.9 Å². The Bertz CT molecular complexity index is 598. The summed E-state index contributed by atoms with van der Waals surface area (Å²) >= 11 is 1.61. The zero-order chi connectivity index (χ0) is 16.9. The smallest absolute Gasteiger partial charge is 0.230 e.